The van der Waals surface area contributed by atoms with Gasteiger partial charge in [0, 0.05) is 26.7 Å². The molecule has 0 aliphatic carbocycles. The minimum absolute atomic E-state index is 0.129. The molecule has 104 valence electrons. The van der Waals surface area contributed by atoms with Crippen molar-refractivity contribution in [2.45, 2.75) is 4.90 Å². The molecule has 2 rings (SSSR count). The number of hydrogen-bond acceptors (Lipinski definition) is 3. The number of hydrogen-bond donors (Lipinski definition) is 2. The lowest BCUT2D eigenvalue weighted by molar-refractivity contribution is 0.102. The monoisotopic (exact) mass is 355 g/mol. The first-order valence-electron chi connectivity index (χ1n) is 5.64. The second-order valence-electron chi connectivity index (χ2n) is 4.00. The SMILES string of the molecule is COc1cc(Br)cc(NC(=O)c2ccc(F)c(S)c2)c1. The Labute approximate surface area is 129 Å². The van der Waals surface area contributed by atoms with Crippen LogP contribution in [0.3, 0.4) is 0 Å². The van der Waals surface area contributed by atoms with Gasteiger partial charge in [-0.3, -0.25) is 4.79 Å². The smallest absolute Gasteiger partial charge is 0.255 e. The number of rotatable bonds is 3. The third-order valence-electron chi connectivity index (χ3n) is 2.57. The van der Waals surface area contributed by atoms with Crippen molar-refractivity contribution in [3.05, 3.63) is 52.3 Å². The summed E-state index contributed by atoms with van der Waals surface area (Å²) in [6.07, 6.45) is 0. The Balaban J connectivity index is 2.23. The molecule has 0 atom stereocenters. The summed E-state index contributed by atoms with van der Waals surface area (Å²) >= 11 is 7.28. The van der Waals surface area contributed by atoms with E-state index >= 15 is 0 Å². The van der Waals surface area contributed by atoms with Crippen LogP contribution in [0, 0.1) is 5.82 Å². The predicted octanol–water partition coefficient (Wildman–Crippen LogP) is 4.14. The third kappa shape index (κ3) is 3.52. The van der Waals surface area contributed by atoms with Gasteiger partial charge in [0.05, 0.1) is 7.11 Å². The molecule has 0 radical (unpaired) electrons. The zero-order valence-corrected chi connectivity index (χ0v) is 13.0. The summed E-state index contributed by atoms with van der Waals surface area (Å²) in [7, 11) is 1.54. The van der Waals surface area contributed by atoms with Gasteiger partial charge in [0.15, 0.2) is 0 Å². The molecule has 0 fully saturated rings. The van der Waals surface area contributed by atoms with E-state index in [-0.39, 0.29) is 10.8 Å². The Kier molecular flexibility index (Phi) is 4.67. The molecular formula is C14H11BrFNO2S. The van der Waals surface area contributed by atoms with Gasteiger partial charge in [-0.05, 0) is 30.3 Å². The summed E-state index contributed by atoms with van der Waals surface area (Å²) in [5, 5.41) is 2.72. The van der Waals surface area contributed by atoms with E-state index in [1.165, 1.54) is 18.2 Å². The van der Waals surface area contributed by atoms with Crippen molar-refractivity contribution >= 4 is 40.2 Å². The van der Waals surface area contributed by atoms with Gasteiger partial charge in [-0.15, -0.1) is 12.6 Å². The topological polar surface area (TPSA) is 38.3 Å². The second-order valence-corrected chi connectivity index (χ2v) is 5.40. The van der Waals surface area contributed by atoms with Crippen LogP contribution in [-0.4, -0.2) is 13.0 Å². The van der Waals surface area contributed by atoms with Crippen LogP contribution in [0.2, 0.25) is 0 Å². The van der Waals surface area contributed by atoms with Gasteiger partial charge in [-0.2, -0.15) is 0 Å². The number of methoxy groups -OCH3 is 1. The van der Waals surface area contributed by atoms with Gasteiger partial charge in [0.1, 0.15) is 11.6 Å². The summed E-state index contributed by atoms with van der Waals surface area (Å²) in [5.74, 6) is -0.196. The normalized spacial score (nSPS) is 10.2. The van der Waals surface area contributed by atoms with Gasteiger partial charge in [-0.25, -0.2) is 4.39 Å². The predicted molar refractivity (Wildman–Crippen MR) is 82.3 cm³/mol. The third-order valence-corrected chi connectivity index (χ3v) is 3.37. The second kappa shape index (κ2) is 6.28. The first-order chi connectivity index (χ1) is 9.49. The standard InChI is InChI=1S/C14H11BrFNO2S/c1-19-11-6-9(15)5-10(7-11)17-14(18)8-2-3-12(16)13(20)4-8/h2-7,20H,1H3,(H,17,18). The first-order valence-corrected chi connectivity index (χ1v) is 6.88. The Bertz CT molecular complexity index is 664. The van der Waals surface area contributed by atoms with Gasteiger partial charge < -0.3 is 10.1 Å². The van der Waals surface area contributed by atoms with Crippen molar-refractivity contribution in [2.24, 2.45) is 0 Å². The van der Waals surface area contributed by atoms with E-state index in [4.69, 9.17) is 4.74 Å². The molecule has 2 aromatic carbocycles. The van der Waals surface area contributed by atoms with Crippen LogP contribution in [0.25, 0.3) is 0 Å². The number of amides is 1. The molecule has 0 aromatic heterocycles. The highest BCUT2D eigenvalue weighted by molar-refractivity contribution is 9.10. The molecule has 0 unspecified atom stereocenters. The van der Waals surface area contributed by atoms with Crippen molar-refractivity contribution in [2.75, 3.05) is 12.4 Å². The number of benzene rings is 2. The summed E-state index contributed by atoms with van der Waals surface area (Å²) in [5.41, 5.74) is 0.904. The molecular weight excluding hydrogens is 345 g/mol. The van der Waals surface area contributed by atoms with Crippen LogP contribution >= 0.6 is 28.6 Å². The van der Waals surface area contributed by atoms with Crippen molar-refractivity contribution < 1.29 is 13.9 Å². The average Bonchev–Trinajstić information content (AvgIpc) is 2.41. The Morgan fingerprint density at radius 1 is 1.30 bits per heavy atom. The molecule has 0 aliphatic rings. The molecule has 1 N–H and O–H groups in total. The molecule has 0 heterocycles. The zero-order valence-electron chi connectivity index (χ0n) is 10.5. The lowest BCUT2D eigenvalue weighted by Crippen LogP contribution is -2.12. The van der Waals surface area contributed by atoms with E-state index < -0.39 is 5.82 Å². The van der Waals surface area contributed by atoms with Crippen LogP contribution in [-0.2, 0) is 0 Å². The number of carbonyl (C=O) groups excluding carboxylic acids is 1. The van der Waals surface area contributed by atoms with E-state index in [0.717, 1.165) is 4.47 Å². The van der Waals surface area contributed by atoms with Gasteiger partial charge in [-0.1, -0.05) is 15.9 Å². The molecule has 2 aromatic rings. The highest BCUT2D eigenvalue weighted by Crippen LogP contribution is 2.25. The number of ether oxygens (including phenoxy) is 1. The van der Waals surface area contributed by atoms with Crippen LogP contribution in [0.15, 0.2) is 45.8 Å². The van der Waals surface area contributed by atoms with Crippen LogP contribution in [0.4, 0.5) is 10.1 Å². The lowest BCUT2D eigenvalue weighted by Gasteiger charge is -2.08. The molecule has 1 amide bonds. The maximum Gasteiger partial charge on any atom is 0.255 e. The number of nitrogens with one attached hydrogen (secondary N) is 1. The van der Waals surface area contributed by atoms with Crippen molar-refractivity contribution in [1.82, 2.24) is 0 Å². The Hall–Kier alpha value is -1.53. The number of anilines is 1. The highest BCUT2D eigenvalue weighted by Gasteiger charge is 2.09. The molecule has 0 saturated heterocycles. The maximum atomic E-state index is 13.1. The van der Waals surface area contributed by atoms with Gasteiger partial charge in [0.2, 0.25) is 0 Å². The first kappa shape index (κ1) is 14.9. The number of carbonyl (C=O) groups is 1. The summed E-state index contributed by atoms with van der Waals surface area (Å²) < 4.78 is 19.0. The fraction of sp³-hybridized carbons (Fsp3) is 0.0714. The minimum Gasteiger partial charge on any atom is -0.497 e. The quantitative estimate of drug-likeness (QED) is 0.812. The summed E-state index contributed by atoms with van der Waals surface area (Å²) in [4.78, 5) is 12.2. The Morgan fingerprint density at radius 2 is 2.05 bits per heavy atom. The van der Waals surface area contributed by atoms with Crippen molar-refractivity contribution in [3.63, 3.8) is 0 Å². The van der Waals surface area contributed by atoms with Crippen LogP contribution < -0.4 is 10.1 Å². The van der Waals surface area contributed by atoms with Crippen molar-refractivity contribution in [1.29, 1.82) is 0 Å². The fourth-order valence-electron chi connectivity index (χ4n) is 1.61. The molecule has 3 nitrogen and oxygen atoms in total. The summed E-state index contributed by atoms with van der Waals surface area (Å²) in [6, 6.07) is 9.19. The van der Waals surface area contributed by atoms with Crippen LogP contribution in [0.5, 0.6) is 5.75 Å². The van der Waals surface area contributed by atoms with E-state index in [2.05, 4.69) is 33.9 Å². The van der Waals surface area contributed by atoms with Crippen molar-refractivity contribution in [3.8, 4) is 5.75 Å². The van der Waals surface area contributed by atoms with E-state index in [1.807, 2.05) is 0 Å². The molecule has 0 aliphatic heterocycles. The summed E-state index contributed by atoms with van der Waals surface area (Å²) in [6.45, 7) is 0. The lowest BCUT2D eigenvalue weighted by atomic mass is 10.2. The molecule has 0 bridgehead atoms. The van der Waals surface area contributed by atoms with Gasteiger partial charge in [0.25, 0.3) is 5.91 Å². The van der Waals surface area contributed by atoms with E-state index in [9.17, 15) is 9.18 Å². The number of thiol groups is 1. The van der Waals surface area contributed by atoms with E-state index in [1.54, 1.807) is 25.3 Å². The molecule has 20 heavy (non-hydrogen) atoms. The molecule has 0 saturated carbocycles. The fourth-order valence-corrected chi connectivity index (χ4v) is 2.30. The highest BCUT2D eigenvalue weighted by atomic mass is 79.9. The molecule has 0 spiro atoms. The zero-order chi connectivity index (χ0) is 14.7. The van der Waals surface area contributed by atoms with Gasteiger partial charge >= 0.3 is 0 Å². The number of halogens is 2. The largest absolute Gasteiger partial charge is 0.497 e. The molecule has 6 heteroatoms. The minimum atomic E-state index is -0.464. The average molecular weight is 356 g/mol. The van der Waals surface area contributed by atoms with E-state index in [0.29, 0.717) is 17.0 Å². The van der Waals surface area contributed by atoms with Crippen LogP contribution in [0.1, 0.15) is 10.4 Å². The Morgan fingerprint density at radius 3 is 2.70 bits per heavy atom. The maximum absolute atomic E-state index is 13.1.